The van der Waals surface area contributed by atoms with Crippen LogP contribution in [0.25, 0.3) is 0 Å². The monoisotopic (exact) mass is 509 g/mol. The minimum atomic E-state index is -0.909. The maximum Gasteiger partial charge on any atom is 0.251 e. The Balaban J connectivity index is 2.15. The molecule has 2 rings (SSSR count). The summed E-state index contributed by atoms with van der Waals surface area (Å²) < 4.78 is 0. The van der Waals surface area contributed by atoms with Crippen molar-refractivity contribution in [3.05, 3.63) is 71.8 Å². The van der Waals surface area contributed by atoms with Crippen molar-refractivity contribution in [1.29, 1.82) is 0 Å². The van der Waals surface area contributed by atoms with Gasteiger partial charge in [-0.2, -0.15) is 0 Å². The maximum atomic E-state index is 13.5. The van der Waals surface area contributed by atoms with Gasteiger partial charge in [0.25, 0.3) is 5.91 Å². The van der Waals surface area contributed by atoms with Crippen LogP contribution in [0.1, 0.15) is 63.4 Å². The van der Waals surface area contributed by atoms with E-state index in [4.69, 9.17) is 0 Å². The van der Waals surface area contributed by atoms with Gasteiger partial charge in [0.05, 0.1) is 12.1 Å². The summed E-state index contributed by atoms with van der Waals surface area (Å²) >= 11 is 0. The number of amides is 3. The van der Waals surface area contributed by atoms with Crippen LogP contribution in [0.4, 0.5) is 0 Å². The molecule has 2 aromatic carbocycles. The molecular formula is C30H43N3O4. The third-order valence-electron chi connectivity index (χ3n) is 6.19. The Morgan fingerprint density at radius 1 is 0.757 bits per heavy atom. The molecule has 2 aromatic rings. The highest BCUT2D eigenvalue weighted by atomic mass is 16.3. The molecule has 37 heavy (non-hydrogen) atoms. The number of rotatable bonds is 14. The van der Waals surface area contributed by atoms with Crippen molar-refractivity contribution in [3.63, 3.8) is 0 Å². The highest BCUT2D eigenvalue weighted by Crippen LogP contribution is 2.16. The van der Waals surface area contributed by atoms with Gasteiger partial charge in [-0.3, -0.25) is 14.4 Å². The number of hydrogen-bond acceptors (Lipinski definition) is 4. The lowest BCUT2D eigenvalue weighted by atomic mass is 9.92. The molecule has 0 saturated carbocycles. The van der Waals surface area contributed by atoms with Gasteiger partial charge in [0, 0.05) is 24.4 Å². The summed E-state index contributed by atoms with van der Waals surface area (Å²) in [6, 6.07) is 16.9. The van der Waals surface area contributed by atoms with E-state index in [0.717, 1.165) is 5.56 Å². The molecule has 202 valence electrons. The molecule has 0 aliphatic carbocycles. The van der Waals surface area contributed by atoms with Crippen LogP contribution in [-0.2, 0) is 16.0 Å². The summed E-state index contributed by atoms with van der Waals surface area (Å²) in [5, 5.41) is 19.8. The second kappa shape index (κ2) is 15.2. The molecule has 0 bridgehead atoms. The molecule has 0 aliphatic heterocycles. The first-order chi connectivity index (χ1) is 17.6. The Morgan fingerprint density at radius 2 is 1.35 bits per heavy atom. The van der Waals surface area contributed by atoms with Crippen LogP contribution in [0.3, 0.4) is 0 Å². The third kappa shape index (κ3) is 10.8. The van der Waals surface area contributed by atoms with Crippen molar-refractivity contribution in [1.82, 2.24) is 16.0 Å². The minimum absolute atomic E-state index is 0.112. The normalized spacial score (nSPS) is 14.5. The molecule has 0 aliphatic rings. The predicted molar refractivity (Wildman–Crippen MR) is 147 cm³/mol. The summed E-state index contributed by atoms with van der Waals surface area (Å²) in [5.74, 6) is -0.682. The van der Waals surface area contributed by atoms with Gasteiger partial charge in [-0.05, 0) is 42.4 Å². The van der Waals surface area contributed by atoms with Crippen molar-refractivity contribution >= 4 is 17.7 Å². The summed E-state index contributed by atoms with van der Waals surface area (Å²) in [6.45, 7) is 10.4. The third-order valence-corrected chi connectivity index (χ3v) is 6.19. The fraction of sp³-hybridized carbons (Fsp3) is 0.500. The number of carbonyl (C=O) groups is 3. The number of hydrogen-bond donors (Lipinski definition) is 4. The average Bonchev–Trinajstić information content (AvgIpc) is 2.87. The van der Waals surface area contributed by atoms with Gasteiger partial charge >= 0.3 is 0 Å². The van der Waals surface area contributed by atoms with Gasteiger partial charge in [-0.1, -0.05) is 83.1 Å². The highest BCUT2D eigenvalue weighted by Gasteiger charge is 2.30. The van der Waals surface area contributed by atoms with Crippen molar-refractivity contribution in [2.24, 2.45) is 17.8 Å². The van der Waals surface area contributed by atoms with E-state index in [2.05, 4.69) is 16.0 Å². The molecule has 0 aromatic heterocycles. The zero-order chi connectivity index (χ0) is 27.4. The molecule has 0 unspecified atom stereocenters. The Hall–Kier alpha value is -3.19. The Kier molecular flexibility index (Phi) is 12.3. The lowest BCUT2D eigenvalue weighted by Gasteiger charge is -2.29. The number of carbonyl (C=O) groups excluding carboxylic acids is 3. The van der Waals surface area contributed by atoms with E-state index in [1.54, 1.807) is 31.2 Å². The first kappa shape index (κ1) is 30.0. The first-order valence-electron chi connectivity index (χ1n) is 13.2. The standard InChI is InChI=1S/C30H43N3O4/c1-20(2)16-25(27(34)17-22(5)28(35)31-19-21(3)4)32-30(37)26(18-23-12-8-6-9-13-23)33-29(36)24-14-10-7-11-15-24/h6-15,20-22,25-27,34H,16-19H2,1-5H3,(H,31,35)(H,32,37)(H,33,36)/t22-,25+,26+,27+/m1/s1. The largest absolute Gasteiger partial charge is 0.391 e. The molecule has 4 N–H and O–H groups in total. The predicted octanol–water partition coefficient (Wildman–Crippen LogP) is 3.72. The van der Waals surface area contributed by atoms with E-state index in [-0.39, 0.29) is 30.1 Å². The Bertz CT molecular complexity index is 979. The fourth-order valence-corrected chi connectivity index (χ4v) is 4.11. The van der Waals surface area contributed by atoms with E-state index in [0.29, 0.717) is 30.9 Å². The molecule has 4 atom stereocenters. The number of aliphatic hydroxyl groups is 1. The zero-order valence-corrected chi connectivity index (χ0v) is 22.7. The second-order valence-electron chi connectivity index (χ2n) is 10.7. The molecule has 0 heterocycles. The number of nitrogens with one attached hydrogen (secondary N) is 3. The van der Waals surface area contributed by atoms with Crippen LogP contribution in [0.5, 0.6) is 0 Å². The van der Waals surface area contributed by atoms with Crippen LogP contribution < -0.4 is 16.0 Å². The topological polar surface area (TPSA) is 108 Å². The summed E-state index contributed by atoms with van der Waals surface area (Å²) in [7, 11) is 0. The molecule has 7 heteroatoms. The van der Waals surface area contributed by atoms with E-state index in [1.807, 2.05) is 64.1 Å². The number of aliphatic hydroxyl groups excluding tert-OH is 1. The maximum absolute atomic E-state index is 13.5. The van der Waals surface area contributed by atoms with Crippen LogP contribution in [0.2, 0.25) is 0 Å². The molecule has 0 saturated heterocycles. The Morgan fingerprint density at radius 3 is 1.92 bits per heavy atom. The average molecular weight is 510 g/mol. The molecule has 3 amide bonds. The number of benzene rings is 2. The van der Waals surface area contributed by atoms with Crippen molar-refractivity contribution in [3.8, 4) is 0 Å². The SMILES string of the molecule is CC(C)CNC(=O)[C@H](C)C[C@H](O)[C@H](CC(C)C)NC(=O)[C@H](Cc1ccccc1)NC(=O)c1ccccc1. The summed E-state index contributed by atoms with van der Waals surface area (Å²) in [4.78, 5) is 38.8. The van der Waals surface area contributed by atoms with Gasteiger partial charge in [0.1, 0.15) is 6.04 Å². The molecular weight excluding hydrogens is 466 g/mol. The van der Waals surface area contributed by atoms with Gasteiger partial charge in [-0.15, -0.1) is 0 Å². The smallest absolute Gasteiger partial charge is 0.251 e. The summed E-state index contributed by atoms with van der Waals surface area (Å²) in [5.41, 5.74) is 1.38. The minimum Gasteiger partial charge on any atom is -0.391 e. The van der Waals surface area contributed by atoms with Gasteiger partial charge < -0.3 is 21.1 Å². The van der Waals surface area contributed by atoms with Crippen molar-refractivity contribution < 1.29 is 19.5 Å². The molecule has 7 nitrogen and oxygen atoms in total. The highest BCUT2D eigenvalue weighted by molar-refractivity contribution is 5.97. The molecule has 0 radical (unpaired) electrons. The van der Waals surface area contributed by atoms with Crippen LogP contribution in [0.15, 0.2) is 60.7 Å². The van der Waals surface area contributed by atoms with Crippen LogP contribution in [0, 0.1) is 17.8 Å². The van der Waals surface area contributed by atoms with E-state index in [9.17, 15) is 19.5 Å². The van der Waals surface area contributed by atoms with E-state index in [1.165, 1.54) is 0 Å². The molecule has 0 fully saturated rings. The zero-order valence-electron chi connectivity index (χ0n) is 22.7. The quantitative estimate of drug-likeness (QED) is 0.311. The fourth-order valence-electron chi connectivity index (χ4n) is 4.11. The Labute approximate surface area is 221 Å². The van der Waals surface area contributed by atoms with Crippen molar-refractivity contribution in [2.75, 3.05) is 6.54 Å². The van der Waals surface area contributed by atoms with Gasteiger partial charge in [0.2, 0.25) is 11.8 Å². The lowest BCUT2D eigenvalue weighted by molar-refractivity contribution is -0.126. The van der Waals surface area contributed by atoms with Crippen molar-refractivity contribution in [2.45, 2.75) is 72.1 Å². The van der Waals surface area contributed by atoms with Crippen LogP contribution in [-0.4, -0.2) is 47.6 Å². The van der Waals surface area contributed by atoms with Crippen LogP contribution >= 0.6 is 0 Å². The molecule has 0 spiro atoms. The second-order valence-corrected chi connectivity index (χ2v) is 10.7. The summed E-state index contributed by atoms with van der Waals surface area (Å²) in [6.07, 6.45) is 0.163. The van der Waals surface area contributed by atoms with Gasteiger partial charge in [-0.25, -0.2) is 0 Å². The lowest BCUT2D eigenvalue weighted by Crippen LogP contribution is -2.54. The first-order valence-corrected chi connectivity index (χ1v) is 13.2. The van der Waals surface area contributed by atoms with E-state index >= 15 is 0 Å². The van der Waals surface area contributed by atoms with Gasteiger partial charge in [0.15, 0.2) is 0 Å². The van der Waals surface area contributed by atoms with E-state index < -0.39 is 24.1 Å².